The predicted molar refractivity (Wildman–Crippen MR) is 73.9 cm³/mol. The van der Waals surface area contributed by atoms with Gasteiger partial charge in [-0.1, -0.05) is 36.4 Å². The van der Waals surface area contributed by atoms with Crippen LogP contribution in [0.15, 0.2) is 42.5 Å². The van der Waals surface area contributed by atoms with Gasteiger partial charge in [-0.15, -0.1) is 0 Å². The van der Waals surface area contributed by atoms with E-state index in [1.54, 1.807) is 0 Å². The van der Waals surface area contributed by atoms with Crippen molar-refractivity contribution in [1.82, 2.24) is 4.90 Å². The second-order valence-corrected chi connectivity index (χ2v) is 4.68. The molecule has 2 aromatic rings. The number of hydrogen-bond donors (Lipinski definition) is 1. The molecule has 0 aliphatic heterocycles. The van der Waals surface area contributed by atoms with E-state index >= 15 is 0 Å². The van der Waals surface area contributed by atoms with Crippen LogP contribution < -0.4 is 5.73 Å². The zero-order valence-electron chi connectivity index (χ0n) is 10.6. The van der Waals surface area contributed by atoms with Crippen molar-refractivity contribution >= 4 is 10.8 Å². The highest BCUT2D eigenvalue weighted by Gasteiger charge is 2.07. The van der Waals surface area contributed by atoms with Crippen LogP contribution in [0.4, 0.5) is 0 Å². The summed E-state index contributed by atoms with van der Waals surface area (Å²) < 4.78 is 0. The third-order valence-electron chi connectivity index (χ3n) is 3.34. The normalized spacial score (nSPS) is 13.2. The van der Waals surface area contributed by atoms with Crippen LogP contribution in [0.2, 0.25) is 0 Å². The van der Waals surface area contributed by atoms with Crippen molar-refractivity contribution in [1.29, 1.82) is 0 Å². The molecule has 2 N–H and O–H groups in total. The van der Waals surface area contributed by atoms with Crippen LogP contribution >= 0.6 is 0 Å². The molecule has 0 heterocycles. The van der Waals surface area contributed by atoms with Gasteiger partial charge in [0.2, 0.25) is 0 Å². The van der Waals surface area contributed by atoms with E-state index in [4.69, 9.17) is 5.73 Å². The summed E-state index contributed by atoms with van der Waals surface area (Å²) in [4.78, 5) is 2.28. The molecule has 0 bridgehead atoms. The van der Waals surface area contributed by atoms with Crippen molar-refractivity contribution in [2.75, 3.05) is 13.6 Å². The van der Waals surface area contributed by atoms with Crippen LogP contribution in [-0.2, 0) is 6.54 Å². The molecule has 2 rings (SSSR count). The molecule has 0 aliphatic rings. The van der Waals surface area contributed by atoms with E-state index < -0.39 is 0 Å². The summed E-state index contributed by atoms with van der Waals surface area (Å²) in [6, 6.07) is 15.5. The summed E-state index contributed by atoms with van der Waals surface area (Å²) in [7, 11) is 2.12. The Bertz CT molecular complexity index is 493. The molecular formula is C15H20N2. The third kappa shape index (κ3) is 2.84. The van der Waals surface area contributed by atoms with Gasteiger partial charge in [-0.2, -0.15) is 0 Å². The zero-order valence-corrected chi connectivity index (χ0v) is 10.6. The molecule has 1 atom stereocenters. The van der Waals surface area contributed by atoms with Crippen molar-refractivity contribution in [3.63, 3.8) is 0 Å². The lowest BCUT2D eigenvalue weighted by Gasteiger charge is -2.23. The molecule has 0 aliphatic carbocycles. The van der Waals surface area contributed by atoms with Crippen LogP contribution in [0.3, 0.4) is 0 Å². The molecular weight excluding hydrogens is 208 g/mol. The Morgan fingerprint density at radius 1 is 1.12 bits per heavy atom. The van der Waals surface area contributed by atoms with Gasteiger partial charge in [0, 0.05) is 19.1 Å². The number of nitrogens with two attached hydrogens (primary N) is 1. The topological polar surface area (TPSA) is 29.3 Å². The zero-order chi connectivity index (χ0) is 12.3. The van der Waals surface area contributed by atoms with E-state index in [9.17, 15) is 0 Å². The van der Waals surface area contributed by atoms with Crippen molar-refractivity contribution in [2.24, 2.45) is 5.73 Å². The third-order valence-corrected chi connectivity index (χ3v) is 3.34. The maximum absolute atomic E-state index is 5.68. The van der Waals surface area contributed by atoms with Crippen molar-refractivity contribution in [3.8, 4) is 0 Å². The van der Waals surface area contributed by atoms with E-state index in [1.165, 1.54) is 16.3 Å². The highest BCUT2D eigenvalue weighted by atomic mass is 15.1. The van der Waals surface area contributed by atoms with Crippen LogP contribution in [0, 0.1) is 0 Å². The number of nitrogens with zero attached hydrogens (tertiary/aromatic N) is 1. The van der Waals surface area contributed by atoms with Crippen LogP contribution in [0.25, 0.3) is 10.8 Å². The van der Waals surface area contributed by atoms with Crippen molar-refractivity contribution in [2.45, 2.75) is 19.5 Å². The van der Waals surface area contributed by atoms with E-state index in [1.807, 2.05) is 0 Å². The van der Waals surface area contributed by atoms with E-state index in [0.717, 1.165) is 6.54 Å². The Morgan fingerprint density at radius 3 is 2.53 bits per heavy atom. The average molecular weight is 228 g/mol. The molecule has 0 aromatic heterocycles. The molecule has 2 aromatic carbocycles. The molecule has 1 unspecified atom stereocenters. The lowest BCUT2D eigenvalue weighted by Crippen LogP contribution is -2.34. The fraction of sp³-hybridized carbons (Fsp3) is 0.333. The van der Waals surface area contributed by atoms with Gasteiger partial charge in [-0.25, -0.2) is 0 Å². The molecule has 0 fully saturated rings. The number of hydrogen-bond acceptors (Lipinski definition) is 2. The average Bonchev–Trinajstić information content (AvgIpc) is 2.37. The first-order valence-corrected chi connectivity index (χ1v) is 6.08. The lowest BCUT2D eigenvalue weighted by atomic mass is 10.1. The summed E-state index contributed by atoms with van der Waals surface area (Å²) in [6.45, 7) is 3.80. The van der Waals surface area contributed by atoms with Crippen molar-refractivity contribution in [3.05, 3.63) is 48.0 Å². The van der Waals surface area contributed by atoms with Crippen LogP contribution in [-0.4, -0.2) is 24.5 Å². The van der Waals surface area contributed by atoms with Gasteiger partial charge in [0.05, 0.1) is 0 Å². The minimum absolute atomic E-state index is 0.418. The minimum Gasteiger partial charge on any atom is -0.329 e. The van der Waals surface area contributed by atoms with E-state index in [0.29, 0.717) is 12.6 Å². The minimum atomic E-state index is 0.418. The summed E-state index contributed by atoms with van der Waals surface area (Å²) in [5, 5.41) is 2.60. The van der Waals surface area contributed by atoms with E-state index in [2.05, 4.69) is 61.3 Å². The Labute approximate surface area is 103 Å². The first-order valence-electron chi connectivity index (χ1n) is 6.08. The maximum Gasteiger partial charge on any atom is 0.0234 e. The number of rotatable bonds is 4. The molecule has 0 radical (unpaired) electrons. The highest BCUT2D eigenvalue weighted by molar-refractivity contribution is 5.82. The van der Waals surface area contributed by atoms with Crippen LogP contribution in [0.5, 0.6) is 0 Å². The first-order chi connectivity index (χ1) is 8.20. The van der Waals surface area contributed by atoms with Gasteiger partial charge < -0.3 is 5.73 Å². The summed E-state index contributed by atoms with van der Waals surface area (Å²) >= 11 is 0. The molecule has 0 saturated carbocycles. The lowest BCUT2D eigenvalue weighted by molar-refractivity contribution is 0.255. The van der Waals surface area contributed by atoms with Gasteiger partial charge in [-0.3, -0.25) is 4.90 Å². The molecule has 90 valence electrons. The molecule has 2 nitrogen and oxygen atoms in total. The second-order valence-electron chi connectivity index (χ2n) is 4.68. The maximum atomic E-state index is 5.68. The Hall–Kier alpha value is -1.38. The summed E-state index contributed by atoms with van der Waals surface area (Å²) in [6.07, 6.45) is 0. The highest BCUT2D eigenvalue weighted by Crippen LogP contribution is 2.16. The quantitative estimate of drug-likeness (QED) is 0.871. The first kappa shape index (κ1) is 12.1. The monoisotopic (exact) mass is 228 g/mol. The molecule has 0 saturated heterocycles. The van der Waals surface area contributed by atoms with Gasteiger partial charge in [-0.05, 0) is 36.4 Å². The summed E-state index contributed by atoms with van der Waals surface area (Å²) in [5.41, 5.74) is 7.01. The molecule has 17 heavy (non-hydrogen) atoms. The van der Waals surface area contributed by atoms with Crippen LogP contribution in [0.1, 0.15) is 12.5 Å². The largest absolute Gasteiger partial charge is 0.329 e. The van der Waals surface area contributed by atoms with Crippen molar-refractivity contribution < 1.29 is 0 Å². The number of likely N-dealkylation sites (N-methyl/N-ethyl adjacent to an activating group) is 1. The fourth-order valence-corrected chi connectivity index (χ4v) is 1.96. The second kappa shape index (κ2) is 5.30. The number of fused-ring (bicyclic) bond motifs is 1. The number of benzene rings is 2. The van der Waals surface area contributed by atoms with E-state index in [-0.39, 0.29) is 0 Å². The van der Waals surface area contributed by atoms with Gasteiger partial charge in [0.25, 0.3) is 0 Å². The summed E-state index contributed by atoms with van der Waals surface area (Å²) in [5.74, 6) is 0. The SMILES string of the molecule is CC(CN)N(C)Cc1ccc2ccccc2c1. The standard InChI is InChI=1S/C15H20N2/c1-12(10-16)17(2)11-13-7-8-14-5-3-4-6-15(14)9-13/h3-9,12H,10-11,16H2,1-2H3. The predicted octanol–water partition coefficient (Wildman–Crippen LogP) is 2.62. The molecule has 0 spiro atoms. The molecule has 2 heteroatoms. The Morgan fingerprint density at radius 2 is 1.82 bits per heavy atom. The smallest absolute Gasteiger partial charge is 0.0234 e. The Kier molecular flexibility index (Phi) is 3.77. The molecule has 0 amide bonds. The van der Waals surface area contributed by atoms with Gasteiger partial charge >= 0.3 is 0 Å². The van der Waals surface area contributed by atoms with Gasteiger partial charge in [0.1, 0.15) is 0 Å². The van der Waals surface area contributed by atoms with Gasteiger partial charge in [0.15, 0.2) is 0 Å². The fourth-order valence-electron chi connectivity index (χ4n) is 1.96. The Balaban J connectivity index is 2.19.